The lowest BCUT2D eigenvalue weighted by Crippen LogP contribution is -2.21. The summed E-state index contributed by atoms with van der Waals surface area (Å²) in [5, 5.41) is -0.791. The van der Waals surface area contributed by atoms with Crippen LogP contribution in [0.15, 0.2) is 40.9 Å². The summed E-state index contributed by atoms with van der Waals surface area (Å²) in [5.74, 6) is 0. The standard InChI is InChI=1S/C11H11ClN2O2S2/c12-10-3-4-11(17-10)18(15,16)9(6-13)8-2-1-5-14-7-8/h1-5,7,9H,6,13H2. The molecule has 0 bridgehead atoms. The molecule has 18 heavy (non-hydrogen) atoms. The van der Waals surface area contributed by atoms with Gasteiger partial charge in [0.05, 0.1) is 4.34 Å². The van der Waals surface area contributed by atoms with Crippen molar-refractivity contribution in [2.45, 2.75) is 9.46 Å². The third-order valence-electron chi connectivity index (χ3n) is 2.47. The predicted molar refractivity (Wildman–Crippen MR) is 72.5 cm³/mol. The second-order valence-electron chi connectivity index (χ2n) is 3.61. The zero-order valence-corrected chi connectivity index (χ0v) is 11.7. The van der Waals surface area contributed by atoms with Crippen molar-refractivity contribution in [3.05, 3.63) is 46.6 Å². The number of hydrogen-bond donors (Lipinski definition) is 1. The maximum absolute atomic E-state index is 12.4. The van der Waals surface area contributed by atoms with E-state index in [1.807, 2.05) is 0 Å². The Balaban J connectivity index is 2.45. The molecule has 0 aliphatic rings. The topological polar surface area (TPSA) is 73.0 Å². The van der Waals surface area contributed by atoms with Gasteiger partial charge in [-0.2, -0.15) is 0 Å². The normalized spacial score (nSPS) is 13.4. The SMILES string of the molecule is NCC(c1cccnc1)S(=O)(=O)c1ccc(Cl)s1. The first-order chi connectivity index (χ1) is 8.55. The van der Waals surface area contributed by atoms with E-state index in [1.54, 1.807) is 24.4 Å². The van der Waals surface area contributed by atoms with Gasteiger partial charge in [0.15, 0.2) is 9.84 Å². The molecule has 1 unspecified atom stereocenters. The lowest BCUT2D eigenvalue weighted by Gasteiger charge is -2.14. The van der Waals surface area contributed by atoms with Gasteiger partial charge in [0.25, 0.3) is 0 Å². The van der Waals surface area contributed by atoms with Gasteiger partial charge in [0.1, 0.15) is 9.46 Å². The van der Waals surface area contributed by atoms with Crippen molar-refractivity contribution >= 4 is 32.8 Å². The third kappa shape index (κ3) is 2.56. The lowest BCUT2D eigenvalue weighted by molar-refractivity contribution is 0.584. The number of nitrogens with zero attached hydrogens (tertiary/aromatic N) is 1. The van der Waals surface area contributed by atoms with Crippen LogP contribution < -0.4 is 5.73 Å². The molecule has 1 atom stereocenters. The van der Waals surface area contributed by atoms with E-state index < -0.39 is 15.1 Å². The van der Waals surface area contributed by atoms with Crippen molar-refractivity contribution in [3.8, 4) is 0 Å². The Morgan fingerprint density at radius 2 is 2.17 bits per heavy atom. The van der Waals surface area contributed by atoms with Gasteiger partial charge in [-0.15, -0.1) is 11.3 Å². The Bertz CT molecular complexity index is 626. The summed E-state index contributed by atoms with van der Waals surface area (Å²) in [7, 11) is -3.51. The van der Waals surface area contributed by atoms with Gasteiger partial charge in [0, 0.05) is 18.9 Å². The Morgan fingerprint density at radius 1 is 1.39 bits per heavy atom. The van der Waals surface area contributed by atoms with Crippen molar-refractivity contribution < 1.29 is 8.42 Å². The third-order valence-corrected chi connectivity index (χ3v) is 6.36. The van der Waals surface area contributed by atoms with E-state index in [9.17, 15) is 8.42 Å². The van der Waals surface area contributed by atoms with Gasteiger partial charge in [0.2, 0.25) is 0 Å². The smallest absolute Gasteiger partial charge is 0.196 e. The molecule has 7 heteroatoms. The first-order valence-corrected chi connectivity index (χ1v) is 7.89. The molecule has 2 aromatic rings. The van der Waals surface area contributed by atoms with Gasteiger partial charge >= 0.3 is 0 Å². The van der Waals surface area contributed by atoms with Crippen molar-refractivity contribution in [1.29, 1.82) is 0 Å². The molecule has 2 rings (SSSR count). The highest BCUT2D eigenvalue weighted by Gasteiger charge is 2.29. The summed E-state index contributed by atoms with van der Waals surface area (Å²) >= 11 is 6.81. The van der Waals surface area contributed by atoms with Crippen molar-refractivity contribution in [1.82, 2.24) is 4.98 Å². The first kappa shape index (κ1) is 13.5. The molecular weight excluding hydrogens is 292 g/mol. The average molecular weight is 303 g/mol. The van der Waals surface area contributed by atoms with E-state index in [-0.39, 0.29) is 10.8 Å². The van der Waals surface area contributed by atoms with Crippen LogP contribution >= 0.6 is 22.9 Å². The summed E-state index contributed by atoms with van der Waals surface area (Å²) in [6.45, 7) is 0.00352. The minimum absolute atomic E-state index is 0.00352. The lowest BCUT2D eigenvalue weighted by atomic mass is 10.2. The molecule has 2 aromatic heterocycles. The maximum Gasteiger partial charge on any atom is 0.196 e. The fourth-order valence-corrected chi connectivity index (χ4v) is 4.88. The maximum atomic E-state index is 12.4. The molecule has 0 aliphatic carbocycles. The number of hydrogen-bond acceptors (Lipinski definition) is 5. The monoisotopic (exact) mass is 302 g/mol. The molecule has 2 N–H and O–H groups in total. The van der Waals surface area contributed by atoms with E-state index in [0.717, 1.165) is 11.3 Å². The van der Waals surface area contributed by atoms with Crippen LogP contribution in [0.4, 0.5) is 0 Å². The van der Waals surface area contributed by atoms with Gasteiger partial charge in [-0.05, 0) is 23.8 Å². The number of thiophene rings is 1. The molecule has 0 saturated heterocycles. The Kier molecular flexibility index (Phi) is 4.01. The van der Waals surface area contributed by atoms with Crippen LogP contribution in [0.1, 0.15) is 10.8 Å². The second-order valence-corrected chi connectivity index (χ2v) is 7.69. The van der Waals surface area contributed by atoms with Crippen LogP contribution in [0, 0.1) is 0 Å². The van der Waals surface area contributed by atoms with E-state index in [4.69, 9.17) is 17.3 Å². The van der Waals surface area contributed by atoms with Gasteiger partial charge in [-0.25, -0.2) is 8.42 Å². The van der Waals surface area contributed by atoms with Crippen LogP contribution in [0.25, 0.3) is 0 Å². The number of rotatable bonds is 4. The van der Waals surface area contributed by atoms with E-state index in [2.05, 4.69) is 4.98 Å². The zero-order chi connectivity index (χ0) is 13.2. The van der Waals surface area contributed by atoms with Crippen LogP contribution in [0.2, 0.25) is 4.34 Å². The first-order valence-electron chi connectivity index (χ1n) is 5.15. The average Bonchev–Trinajstić information content (AvgIpc) is 2.78. The molecule has 4 nitrogen and oxygen atoms in total. The van der Waals surface area contributed by atoms with Crippen LogP contribution in [-0.2, 0) is 9.84 Å². The molecule has 2 heterocycles. The van der Waals surface area contributed by atoms with Gasteiger partial charge in [-0.3, -0.25) is 4.98 Å². The Labute approximate surface area is 114 Å². The second kappa shape index (κ2) is 5.36. The molecule has 0 saturated carbocycles. The minimum Gasteiger partial charge on any atom is -0.329 e. The Morgan fingerprint density at radius 3 is 2.67 bits per heavy atom. The number of nitrogens with two attached hydrogens (primary N) is 1. The predicted octanol–water partition coefficient (Wildman–Crippen LogP) is 2.27. The summed E-state index contributed by atoms with van der Waals surface area (Å²) in [5.41, 5.74) is 6.19. The quantitative estimate of drug-likeness (QED) is 0.940. The number of pyridine rings is 1. The van der Waals surface area contributed by atoms with E-state index in [0.29, 0.717) is 9.90 Å². The molecule has 0 aliphatic heterocycles. The molecule has 0 fully saturated rings. The molecule has 0 radical (unpaired) electrons. The molecular formula is C11H11ClN2O2S2. The number of sulfone groups is 1. The van der Waals surface area contributed by atoms with Crippen LogP contribution in [-0.4, -0.2) is 19.9 Å². The van der Waals surface area contributed by atoms with Crippen molar-refractivity contribution in [2.75, 3.05) is 6.54 Å². The molecule has 0 aromatic carbocycles. The van der Waals surface area contributed by atoms with Crippen molar-refractivity contribution in [3.63, 3.8) is 0 Å². The largest absolute Gasteiger partial charge is 0.329 e. The highest BCUT2D eigenvalue weighted by Crippen LogP contribution is 2.33. The molecule has 0 spiro atoms. The van der Waals surface area contributed by atoms with Gasteiger partial charge in [-0.1, -0.05) is 17.7 Å². The molecule has 96 valence electrons. The minimum atomic E-state index is -3.51. The van der Waals surface area contributed by atoms with Crippen molar-refractivity contribution in [2.24, 2.45) is 5.73 Å². The Hall–Kier alpha value is -0.950. The van der Waals surface area contributed by atoms with E-state index in [1.165, 1.54) is 12.3 Å². The summed E-state index contributed by atoms with van der Waals surface area (Å²) in [6.07, 6.45) is 3.11. The van der Waals surface area contributed by atoms with E-state index >= 15 is 0 Å². The van der Waals surface area contributed by atoms with Crippen LogP contribution in [0.5, 0.6) is 0 Å². The zero-order valence-electron chi connectivity index (χ0n) is 9.28. The van der Waals surface area contributed by atoms with Gasteiger partial charge < -0.3 is 5.73 Å². The highest BCUT2D eigenvalue weighted by molar-refractivity contribution is 7.93. The fraction of sp³-hybridized carbons (Fsp3) is 0.182. The summed E-state index contributed by atoms with van der Waals surface area (Å²) in [4.78, 5) is 3.92. The summed E-state index contributed by atoms with van der Waals surface area (Å²) in [6, 6.07) is 6.46. The van der Waals surface area contributed by atoms with Crippen LogP contribution in [0.3, 0.4) is 0 Å². The summed E-state index contributed by atoms with van der Waals surface area (Å²) < 4.78 is 25.5. The number of halogens is 1. The fourth-order valence-electron chi connectivity index (χ4n) is 1.60. The highest BCUT2D eigenvalue weighted by atomic mass is 35.5. The molecule has 0 amide bonds. The number of aromatic nitrogens is 1.